The van der Waals surface area contributed by atoms with Gasteiger partial charge in [-0.25, -0.2) is 4.98 Å². The highest BCUT2D eigenvalue weighted by Gasteiger charge is 2.15. The highest BCUT2D eigenvalue weighted by molar-refractivity contribution is 8.00. The second-order valence-electron chi connectivity index (χ2n) is 5.20. The van der Waals surface area contributed by atoms with Crippen LogP contribution in [0.3, 0.4) is 0 Å². The van der Waals surface area contributed by atoms with Crippen LogP contribution in [0.15, 0.2) is 18.3 Å². The molecule has 0 aliphatic heterocycles. The maximum absolute atomic E-state index is 5.68. The number of anilines is 1. The number of rotatable bonds is 5. The molecular weight excluding hydrogens is 230 g/mol. The Morgan fingerprint density at radius 3 is 2.71 bits per heavy atom. The van der Waals surface area contributed by atoms with Crippen molar-refractivity contribution in [2.45, 2.75) is 38.0 Å². The van der Waals surface area contributed by atoms with E-state index >= 15 is 0 Å². The first-order valence-corrected chi connectivity index (χ1v) is 6.91. The molecular formula is C13H23N3S. The van der Waals surface area contributed by atoms with Crippen LogP contribution in [0.2, 0.25) is 0 Å². The number of nitrogens with one attached hydrogen (secondary N) is 1. The summed E-state index contributed by atoms with van der Waals surface area (Å²) in [5, 5.41) is 3.36. The molecule has 1 aromatic heterocycles. The number of pyridine rings is 1. The first-order valence-electron chi connectivity index (χ1n) is 5.92. The number of hydrogen-bond acceptors (Lipinski definition) is 4. The van der Waals surface area contributed by atoms with Crippen molar-refractivity contribution in [2.75, 3.05) is 18.5 Å². The van der Waals surface area contributed by atoms with Gasteiger partial charge in [-0.3, -0.25) is 0 Å². The van der Waals surface area contributed by atoms with Crippen LogP contribution < -0.4 is 11.1 Å². The normalized spacial score (nSPS) is 13.6. The molecule has 17 heavy (non-hydrogen) atoms. The second-order valence-corrected chi connectivity index (χ2v) is 7.05. The minimum atomic E-state index is 0.312. The van der Waals surface area contributed by atoms with E-state index in [1.165, 1.54) is 5.56 Å². The SMILES string of the molecule is CNC(CSC(C)(C)C)Cc1ccnc(N)c1. The molecule has 1 atom stereocenters. The van der Waals surface area contributed by atoms with Crippen molar-refractivity contribution in [3.05, 3.63) is 23.9 Å². The number of aromatic nitrogens is 1. The summed E-state index contributed by atoms with van der Waals surface area (Å²) in [6.45, 7) is 6.73. The molecule has 1 heterocycles. The Morgan fingerprint density at radius 1 is 1.47 bits per heavy atom. The maximum atomic E-state index is 5.68. The Hall–Kier alpha value is -0.740. The minimum Gasteiger partial charge on any atom is -0.384 e. The van der Waals surface area contributed by atoms with E-state index in [1.807, 2.05) is 30.9 Å². The molecule has 0 saturated carbocycles. The van der Waals surface area contributed by atoms with Crippen LogP contribution in [0.1, 0.15) is 26.3 Å². The van der Waals surface area contributed by atoms with E-state index in [4.69, 9.17) is 5.73 Å². The zero-order valence-corrected chi connectivity index (χ0v) is 12.0. The summed E-state index contributed by atoms with van der Waals surface area (Å²) in [5.41, 5.74) is 6.92. The molecule has 0 aliphatic carbocycles. The first-order chi connectivity index (χ1) is 7.90. The predicted molar refractivity (Wildman–Crippen MR) is 77.4 cm³/mol. The molecule has 0 aromatic carbocycles. The lowest BCUT2D eigenvalue weighted by Crippen LogP contribution is -2.31. The van der Waals surface area contributed by atoms with E-state index in [2.05, 4.69) is 31.1 Å². The summed E-state index contributed by atoms with van der Waals surface area (Å²) in [5.74, 6) is 1.70. The lowest BCUT2D eigenvalue weighted by molar-refractivity contribution is 0.613. The molecule has 3 nitrogen and oxygen atoms in total. The van der Waals surface area contributed by atoms with Gasteiger partial charge in [0.2, 0.25) is 0 Å². The van der Waals surface area contributed by atoms with Gasteiger partial charge in [0.15, 0.2) is 0 Å². The lowest BCUT2D eigenvalue weighted by Gasteiger charge is -2.22. The molecule has 0 bridgehead atoms. The quantitative estimate of drug-likeness (QED) is 0.845. The molecule has 3 N–H and O–H groups in total. The van der Waals surface area contributed by atoms with Gasteiger partial charge in [0, 0.05) is 22.7 Å². The van der Waals surface area contributed by atoms with Crippen molar-refractivity contribution in [3.8, 4) is 0 Å². The fraction of sp³-hybridized carbons (Fsp3) is 0.615. The summed E-state index contributed by atoms with van der Waals surface area (Å²) in [7, 11) is 2.01. The number of thioether (sulfide) groups is 1. The number of hydrogen-bond donors (Lipinski definition) is 2. The van der Waals surface area contributed by atoms with E-state index in [0.717, 1.165) is 12.2 Å². The molecule has 96 valence electrons. The van der Waals surface area contributed by atoms with Crippen molar-refractivity contribution >= 4 is 17.6 Å². The fourth-order valence-electron chi connectivity index (χ4n) is 1.50. The van der Waals surface area contributed by atoms with E-state index in [1.54, 1.807) is 6.20 Å². The van der Waals surface area contributed by atoms with Crippen molar-refractivity contribution in [3.63, 3.8) is 0 Å². The largest absolute Gasteiger partial charge is 0.384 e. The van der Waals surface area contributed by atoms with Gasteiger partial charge in [-0.1, -0.05) is 20.8 Å². The van der Waals surface area contributed by atoms with E-state index < -0.39 is 0 Å². The molecule has 0 saturated heterocycles. The molecule has 0 radical (unpaired) electrons. The monoisotopic (exact) mass is 253 g/mol. The van der Waals surface area contributed by atoms with Gasteiger partial charge in [0.05, 0.1) is 0 Å². The van der Waals surface area contributed by atoms with Gasteiger partial charge in [-0.15, -0.1) is 0 Å². The third kappa shape index (κ3) is 5.94. The van der Waals surface area contributed by atoms with Crippen LogP contribution in [0.4, 0.5) is 5.82 Å². The highest BCUT2D eigenvalue weighted by atomic mass is 32.2. The molecule has 0 spiro atoms. The first kappa shape index (κ1) is 14.3. The minimum absolute atomic E-state index is 0.312. The Kier molecular flexibility index (Phi) is 5.28. The summed E-state index contributed by atoms with van der Waals surface area (Å²) >= 11 is 1.98. The van der Waals surface area contributed by atoms with E-state index in [-0.39, 0.29) is 0 Å². The molecule has 1 rings (SSSR count). The van der Waals surface area contributed by atoms with Crippen molar-refractivity contribution < 1.29 is 0 Å². The van der Waals surface area contributed by atoms with E-state index in [9.17, 15) is 0 Å². The number of nitrogens with two attached hydrogens (primary N) is 1. The van der Waals surface area contributed by atoms with Gasteiger partial charge in [-0.2, -0.15) is 11.8 Å². The Bertz CT molecular complexity index is 347. The summed E-state index contributed by atoms with van der Waals surface area (Å²) in [6, 6.07) is 4.45. The summed E-state index contributed by atoms with van der Waals surface area (Å²) in [6.07, 6.45) is 2.76. The lowest BCUT2D eigenvalue weighted by atomic mass is 10.1. The molecule has 4 heteroatoms. The Morgan fingerprint density at radius 2 is 2.18 bits per heavy atom. The van der Waals surface area contributed by atoms with Crippen LogP contribution in [-0.4, -0.2) is 28.6 Å². The summed E-state index contributed by atoms with van der Waals surface area (Å²) in [4.78, 5) is 4.01. The smallest absolute Gasteiger partial charge is 0.123 e. The Balaban J connectivity index is 2.52. The number of nitrogen functional groups attached to an aromatic ring is 1. The third-order valence-electron chi connectivity index (χ3n) is 2.45. The van der Waals surface area contributed by atoms with Crippen LogP contribution in [0.25, 0.3) is 0 Å². The molecule has 1 unspecified atom stereocenters. The zero-order chi connectivity index (χ0) is 12.9. The zero-order valence-electron chi connectivity index (χ0n) is 11.2. The molecule has 0 fully saturated rings. The van der Waals surface area contributed by atoms with Gasteiger partial charge in [0.1, 0.15) is 5.82 Å². The topological polar surface area (TPSA) is 50.9 Å². The third-order valence-corrected chi connectivity index (χ3v) is 3.89. The molecule has 0 aliphatic rings. The second kappa shape index (κ2) is 6.26. The van der Waals surface area contributed by atoms with Crippen LogP contribution in [0.5, 0.6) is 0 Å². The van der Waals surface area contributed by atoms with Crippen LogP contribution in [0, 0.1) is 0 Å². The van der Waals surface area contributed by atoms with Crippen molar-refractivity contribution in [1.29, 1.82) is 0 Å². The predicted octanol–water partition coefficient (Wildman–Crippen LogP) is 2.33. The average Bonchev–Trinajstić information content (AvgIpc) is 2.23. The number of nitrogens with zero attached hydrogens (tertiary/aromatic N) is 1. The van der Waals surface area contributed by atoms with Crippen LogP contribution >= 0.6 is 11.8 Å². The van der Waals surface area contributed by atoms with Crippen LogP contribution in [-0.2, 0) is 6.42 Å². The van der Waals surface area contributed by atoms with Crippen molar-refractivity contribution in [1.82, 2.24) is 10.3 Å². The van der Waals surface area contributed by atoms with Gasteiger partial charge < -0.3 is 11.1 Å². The van der Waals surface area contributed by atoms with E-state index in [0.29, 0.717) is 16.6 Å². The van der Waals surface area contributed by atoms with Gasteiger partial charge in [-0.05, 0) is 31.2 Å². The maximum Gasteiger partial charge on any atom is 0.123 e. The molecule has 1 aromatic rings. The van der Waals surface area contributed by atoms with Gasteiger partial charge >= 0.3 is 0 Å². The average molecular weight is 253 g/mol. The standard InChI is InChI=1S/C13H23N3S/c1-13(2,3)17-9-11(15-4)7-10-5-6-16-12(14)8-10/h5-6,8,11,15H,7,9H2,1-4H3,(H2,14,16). The Labute approximate surface area is 109 Å². The highest BCUT2D eigenvalue weighted by Crippen LogP contribution is 2.24. The fourth-order valence-corrected chi connectivity index (χ4v) is 2.49. The van der Waals surface area contributed by atoms with Crippen molar-refractivity contribution in [2.24, 2.45) is 0 Å². The number of likely N-dealkylation sites (N-methyl/N-ethyl adjacent to an activating group) is 1. The van der Waals surface area contributed by atoms with Gasteiger partial charge in [0.25, 0.3) is 0 Å². The molecule has 0 amide bonds. The summed E-state index contributed by atoms with van der Waals surface area (Å²) < 4.78 is 0.312.